The zero-order chi connectivity index (χ0) is 19.9. The Morgan fingerprint density at radius 3 is 2.12 bits per heavy atom. The van der Waals surface area contributed by atoms with E-state index in [4.69, 9.17) is 9.47 Å². The number of carbonyl (C=O) groups excluding carboxylic acids is 3. The molecule has 0 fully saturated rings. The number of amides is 1. The number of Topliss-reactive ketones (excluding diaryl/α,β-unsaturated/α-hetero) is 1. The first-order chi connectivity index (χ1) is 12.0. The van der Waals surface area contributed by atoms with Crippen molar-refractivity contribution in [3.63, 3.8) is 0 Å². The third-order valence-corrected chi connectivity index (χ3v) is 3.49. The average Bonchev–Trinajstić information content (AvgIpc) is 2.49. The Kier molecular flexibility index (Phi) is 7.80. The second-order valence-corrected chi connectivity index (χ2v) is 7.49. The highest BCUT2D eigenvalue weighted by Crippen LogP contribution is 2.23. The molecule has 0 saturated carbocycles. The molecule has 1 N–H and O–H groups in total. The molecule has 0 heterocycles. The maximum absolute atomic E-state index is 12.4. The van der Waals surface area contributed by atoms with Gasteiger partial charge in [-0.1, -0.05) is 30.3 Å². The summed E-state index contributed by atoms with van der Waals surface area (Å²) in [6.45, 7) is 10.1. The van der Waals surface area contributed by atoms with E-state index in [1.807, 2.05) is 30.3 Å². The summed E-state index contributed by atoms with van der Waals surface area (Å²) >= 11 is 0. The minimum Gasteiger partial charge on any atom is -0.461 e. The molecule has 0 bridgehead atoms. The van der Waals surface area contributed by atoms with E-state index in [1.165, 1.54) is 6.92 Å². The molecule has 0 aliphatic heterocycles. The summed E-state index contributed by atoms with van der Waals surface area (Å²) in [5.41, 5.74) is 0.0871. The molecule has 0 aliphatic carbocycles. The number of esters is 1. The molecule has 6 heteroatoms. The topological polar surface area (TPSA) is 81.7 Å². The second kappa shape index (κ2) is 9.36. The standard InChI is InChI=1S/C20H29NO5/c1-13(2)25-18(23)17(21-19(24)26-20(4,5)6)12-16(14(3)22)15-10-8-7-9-11-15/h7-11,13,16-17H,12H2,1-6H3,(H,21,24)/t16-,17-/m0/s1. The highest BCUT2D eigenvalue weighted by atomic mass is 16.6. The second-order valence-electron chi connectivity index (χ2n) is 7.49. The number of nitrogens with one attached hydrogen (secondary N) is 1. The van der Waals surface area contributed by atoms with Crippen molar-refractivity contribution < 1.29 is 23.9 Å². The normalized spacial score (nSPS) is 13.7. The van der Waals surface area contributed by atoms with Crippen molar-refractivity contribution in [1.82, 2.24) is 5.32 Å². The first kappa shape index (κ1) is 21.7. The highest BCUT2D eigenvalue weighted by Gasteiger charge is 2.31. The SMILES string of the molecule is CC(=O)[C@H](C[C@H](NC(=O)OC(C)(C)C)C(=O)OC(C)C)c1ccccc1. The van der Waals surface area contributed by atoms with E-state index in [0.717, 1.165) is 5.56 Å². The molecule has 6 nitrogen and oxygen atoms in total. The van der Waals surface area contributed by atoms with Crippen LogP contribution in [-0.4, -0.2) is 35.6 Å². The molecule has 0 radical (unpaired) electrons. The molecule has 0 spiro atoms. The summed E-state index contributed by atoms with van der Waals surface area (Å²) in [6, 6.07) is 8.17. The molecule has 0 aliphatic rings. The summed E-state index contributed by atoms with van der Waals surface area (Å²) in [7, 11) is 0. The molecule has 1 aromatic rings. The van der Waals surface area contributed by atoms with Gasteiger partial charge in [-0.2, -0.15) is 0 Å². The van der Waals surface area contributed by atoms with Gasteiger partial charge in [-0.25, -0.2) is 9.59 Å². The number of ether oxygens (including phenoxy) is 2. The molecule has 1 rings (SSSR count). The smallest absolute Gasteiger partial charge is 0.408 e. The van der Waals surface area contributed by atoms with Gasteiger partial charge in [0.25, 0.3) is 0 Å². The summed E-state index contributed by atoms with van der Waals surface area (Å²) in [6.07, 6.45) is -0.957. The van der Waals surface area contributed by atoms with Crippen molar-refractivity contribution in [2.45, 2.75) is 71.6 Å². The zero-order valence-corrected chi connectivity index (χ0v) is 16.4. The number of hydrogen-bond donors (Lipinski definition) is 1. The third-order valence-electron chi connectivity index (χ3n) is 3.49. The van der Waals surface area contributed by atoms with Gasteiger partial charge in [0.15, 0.2) is 0 Å². The Bertz CT molecular complexity index is 619. The highest BCUT2D eigenvalue weighted by molar-refractivity contribution is 5.86. The largest absolute Gasteiger partial charge is 0.461 e. The molecule has 2 atom stereocenters. The van der Waals surface area contributed by atoms with Gasteiger partial charge >= 0.3 is 12.1 Å². The van der Waals surface area contributed by atoms with E-state index in [1.54, 1.807) is 34.6 Å². The summed E-state index contributed by atoms with van der Waals surface area (Å²) < 4.78 is 10.5. The van der Waals surface area contributed by atoms with Crippen LogP contribution in [0, 0.1) is 0 Å². The van der Waals surface area contributed by atoms with Crippen LogP contribution in [-0.2, 0) is 19.1 Å². The monoisotopic (exact) mass is 363 g/mol. The molecular formula is C20H29NO5. The van der Waals surface area contributed by atoms with Crippen LogP contribution in [0.4, 0.5) is 4.79 Å². The number of alkyl carbamates (subject to hydrolysis) is 1. The summed E-state index contributed by atoms with van der Waals surface area (Å²) in [5, 5.41) is 2.55. The fourth-order valence-electron chi connectivity index (χ4n) is 2.44. The summed E-state index contributed by atoms with van der Waals surface area (Å²) in [5.74, 6) is -1.21. The van der Waals surface area contributed by atoms with Crippen LogP contribution in [0.2, 0.25) is 0 Å². The van der Waals surface area contributed by atoms with E-state index in [2.05, 4.69) is 5.32 Å². The van der Waals surface area contributed by atoms with Gasteiger partial charge in [0, 0.05) is 5.92 Å². The molecule has 0 unspecified atom stereocenters. The Hall–Kier alpha value is -2.37. The lowest BCUT2D eigenvalue weighted by atomic mass is 9.89. The number of benzene rings is 1. The van der Waals surface area contributed by atoms with Crippen LogP contribution in [0.15, 0.2) is 30.3 Å². The van der Waals surface area contributed by atoms with Crippen molar-refractivity contribution in [3.05, 3.63) is 35.9 Å². The molecular weight excluding hydrogens is 334 g/mol. The third kappa shape index (κ3) is 7.68. The van der Waals surface area contributed by atoms with Gasteiger partial charge in [0.1, 0.15) is 17.4 Å². The number of rotatable bonds is 7. The minimum atomic E-state index is -0.985. The lowest BCUT2D eigenvalue weighted by molar-refractivity contribution is -0.150. The zero-order valence-electron chi connectivity index (χ0n) is 16.4. The van der Waals surface area contributed by atoms with Crippen molar-refractivity contribution in [2.75, 3.05) is 0 Å². The molecule has 1 aromatic carbocycles. The Balaban J connectivity index is 3.00. The van der Waals surface area contributed by atoms with Crippen LogP contribution in [0.25, 0.3) is 0 Å². The molecule has 144 valence electrons. The average molecular weight is 363 g/mol. The van der Waals surface area contributed by atoms with Crippen molar-refractivity contribution in [3.8, 4) is 0 Å². The number of ketones is 1. The van der Waals surface area contributed by atoms with Gasteiger partial charge in [-0.05, 0) is 53.5 Å². The van der Waals surface area contributed by atoms with E-state index in [-0.39, 0.29) is 18.3 Å². The predicted molar refractivity (Wildman–Crippen MR) is 98.9 cm³/mol. The van der Waals surface area contributed by atoms with E-state index >= 15 is 0 Å². The van der Waals surface area contributed by atoms with Crippen molar-refractivity contribution >= 4 is 17.8 Å². The molecule has 26 heavy (non-hydrogen) atoms. The number of hydrogen-bond acceptors (Lipinski definition) is 5. The Labute approximate surface area is 155 Å². The summed E-state index contributed by atoms with van der Waals surface area (Å²) in [4.78, 5) is 36.7. The molecule has 1 amide bonds. The van der Waals surface area contributed by atoms with Gasteiger partial charge in [0.05, 0.1) is 6.10 Å². The Morgan fingerprint density at radius 1 is 1.08 bits per heavy atom. The first-order valence-corrected chi connectivity index (χ1v) is 8.75. The van der Waals surface area contributed by atoms with Crippen LogP contribution >= 0.6 is 0 Å². The van der Waals surface area contributed by atoms with E-state index in [9.17, 15) is 14.4 Å². The van der Waals surface area contributed by atoms with Crippen LogP contribution in [0.1, 0.15) is 59.4 Å². The van der Waals surface area contributed by atoms with Crippen molar-refractivity contribution in [1.29, 1.82) is 0 Å². The van der Waals surface area contributed by atoms with Crippen LogP contribution in [0.3, 0.4) is 0 Å². The maximum Gasteiger partial charge on any atom is 0.408 e. The van der Waals surface area contributed by atoms with Gasteiger partial charge in [0.2, 0.25) is 0 Å². The van der Waals surface area contributed by atoms with Crippen molar-refractivity contribution in [2.24, 2.45) is 0 Å². The minimum absolute atomic E-state index is 0.0930. The molecule has 0 aromatic heterocycles. The fraction of sp³-hybridized carbons (Fsp3) is 0.550. The lowest BCUT2D eigenvalue weighted by Gasteiger charge is -2.25. The van der Waals surface area contributed by atoms with Gasteiger partial charge in [-0.3, -0.25) is 4.79 Å². The van der Waals surface area contributed by atoms with Crippen LogP contribution < -0.4 is 5.32 Å². The number of carbonyl (C=O) groups is 3. The van der Waals surface area contributed by atoms with Gasteiger partial charge < -0.3 is 14.8 Å². The van der Waals surface area contributed by atoms with Crippen LogP contribution in [0.5, 0.6) is 0 Å². The van der Waals surface area contributed by atoms with Gasteiger partial charge in [-0.15, -0.1) is 0 Å². The van der Waals surface area contributed by atoms with E-state index < -0.39 is 29.6 Å². The Morgan fingerprint density at radius 2 is 1.65 bits per heavy atom. The quantitative estimate of drug-likeness (QED) is 0.749. The first-order valence-electron chi connectivity index (χ1n) is 8.75. The fourth-order valence-corrected chi connectivity index (χ4v) is 2.44. The maximum atomic E-state index is 12.4. The predicted octanol–water partition coefficient (Wildman–Crippen LogP) is 3.59. The molecule has 0 saturated heterocycles. The van der Waals surface area contributed by atoms with E-state index in [0.29, 0.717) is 0 Å². The lowest BCUT2D eigenvalue weighted by Crippen LogP contribution is -2.46.